The van der Waals surface area contributed by atoms with Gasteiger partial charge in [-0.1, -0.05) is 48.6 Å². The van der Waals surface area contributed by atoms with Gasteiger partial charge in [-0.2, -0.15) is 0 Å². The summed E-state index contributed by atoms with van der Waals surface area (Å²) in [6.45, 7) is 2.08. The van der Waals surface area contributed by atoms with E-state index in [1.165, 1.54) is 12.0 Å². The second kappa shape index (κ2) is 7.72. The fourth-order valence-electron chi connectivity index (χ4n) is 2.15. The van der Waals surface area contributed by atoms with E-state index in [1.54, 1.807) is 0 Å². The molecule has 1 saturated carbocycles. The smallest absolute Gasteiger partial charge is 0.223 e. The standard InChI is InChI=1S/C17H22N2O/c1-19(14-15-8-3-2-4-9-15)13-6-5-12-18-17(20)16-10-7-11-16/h2-4,8-9,16H,7,10-14H2,1H3,(H,18,20). The molecule has 0 atom stereocenters. The summed E-state index contributed by atoms with van der Waals surface area (Å²) in [7, 11) is 2.05. The van der Waals surface area contributed by atoms with E-state index < -0.39 is 0 Å². The molecule has 0 unspecified atom stereocenters. The molecule has 1 N–H and O–H groups in total. The Kier molecular flexibility index (Phi) is 5.64. The van der Waals surface area contributed by atoms with Crippen molar-refractivity contribution < 1.29 is 4.79 Å². The van der Waals surface area contributed by atoms with Crippen molar-refractivity contribution in [1.29, 1.82) is 0 Å². The number of hydrogen-bond donors (Lipinski definition) is 1. The van der Waals surface area contributed by atoms with Crippen LogP contribution in [0.3, 0.4) is 0 Å². The van der Waals surface area contributed by atoms with Crippen LogP contribution in [0.2, 0.25) is 0 Å². The third-order valence-electron chi connectivity index (χ3n) is 3.60. The maximum Gasteiger partial charge on any atom is 0.223 e. The van der Waals surface area contributed by atoms with Crippen molar-refractivity contribution >= 4 is 5.91 Å². The Morgan fingerprint density at radius 2 is 2.05 bits per heavy atom. The molecule has 0 bridgehead atoms. The van der Waals surface area contributed by atoms with Gasteiger partial charge < -0.3 is 5.32 Å². The fraction of sp³-hybridized carbons (Fsp3) is 0.471. The normalized spacial score (nSPS) is 14.3. The van der Waals surface area contributed by atoms with E-state index in [-0.39, 0.29) is 11.8 Å². The number of rotatable bonds is 5. The van der Waals surface area contributed by atoms with Crippen LogP contribution >= 0.6 is 0 Å². The minimum atomic E-state index is 0.170. The quantitative estimate of drug-likeness (QED) is 0.830. The van der Waals surface area contributed by atoms with Crippen LogP contribution in [0, 0.1) is 17.8 Å². The van der Waals surface area contributed by atoms with Crippen LogP contribution in [0.1, 0.15) is 24.8 Å². The minimum Gasteiger partial charge on any atom is -0.345 e. The molecule has 1 aliphatic carbocycles. The number of carbonyl (C=O) groups excluding carboxylic acids is 1. The molecular weight excluding hydrogens is 248 g/mol. The number of hydrogen-bond acceptors (Lipinski definition) is 2. The molecule has 106 valence electrons. The van der Waals surface area contributed by atoms with Crippen molar-refractivity contribution in [3.63, 3.8) is 0 Å². The number of benzene rings is 1. The molecule has 0 heterocycles. The molecule has 2 rings (SSSR count). The summed E-state index contributed by atoms with van der Waals surface area (Å²) in [5.74, 6) is 6.53. The van der Waals surface area contributed by atoms with Gasteiger partial charge in [0, 0.05) is 12.5 Å². The van der Waals surface area contributed by atoms with Gasteiger partial charge in [-0.3, -0.25) is 9.69 Å². The number of carbonyl (C=O) groups is 1. The van der Waals surface area contributed by atoms with Gasteiger partial charge in [0.05, 0.1) is 13.1 Å². The fourth-order valence-corrected chi connectivity index (χ4v) is 2.15. The molecule has 0 aliphatic heterocycles. The van der Waals surface area contributed by atoms with Gasteiger partial charge >= 0.3 is 0 Å². The Morgan fingerprint density at radius 3 is 2.70 bits per heavy atom. The van der Waals surface area contributed by atoms with Gasteiger partial charge in [-0.05, 0) is 25.5 Å². The molecule has 1 fully saturated rings. The van der Waals surface area contributed by atoms with E-state index in [0.717, 1.165) is 19.4 Å². The third-order valence-corrected chi connectivity index (χ3v) is 3.60. The SMILES string of the molecule is CN(CC#CCNC(=O)C1CCC1)Cc1ccccc1. The maximum atomic E-state index is 11.6. The number of nitrogens with one attached hydrogen (secondary N) is 1. The highest BCUT2D eigenvalue weighted by molar-refractivity contribution is 5.79. The first-order valence-corrected chi connectivity index (χ1v) is 7.21. The van der Waals surface area contributed by atoms with E-state index in [4.69, 9.17) is 0 Å². The first-order valence-electron chi connectivity index (χ1n) is 7.21. The van der Waals surface area contributed by atoms with E-state index in [2.05, 4.69) is 41.2 Å². The zero-order valence-corrected chi connectivity index (χ0v) is 12.1. The molecule has 3 heteroatoms. The van der Waals surface area contributed by atoms with Gasteiger partial charge in [-0.15, -0.1) is 0 Å². The molecule has 0 saturated heterocycles. The van der Waals surface area contributed by atoms with E-state index in [1.807, 2.05) is 18.2 Å². The van der Waals surface area contributed by atoms with Gasteiger partial charge in [0.1, 0.15) is 0 Å². The molecule has 1 aliphatic rings. The van der Waals surface area contributed by atoms with Gasteiger partial charge in [0.2, 0.25) is 5.91 Å². The van der Waals surface area contributed by atoms with Crippen molar-refractivity contribution in [1.82, 2.24) is 10.2 Å². The summed E-state index contributed by atoms with van der Waals surface area (Å²) < 4.78 is 0. The lowest BCUT2D eigenvalue weighted by molar-refractivity contribution is -0.127. The second-order valence-electron chi connectivity index (χ2n) is 5.36. The zero-order valence-electron chi connectivity index (χ0n) is 12.1. The summed E-state index contributed by atoms with van der Waals surface area (Å²) in [6, 6.07) is 10.3. The predicted octanol–water partition coefficient (Wildman–Crippen LogP) is 2.04. The van der Waals surface area contributed by atoms with Crippen molar-refractivity contribution in [2.75, 3.05) is 20.1 Å². The Balaban J connectivity index is 1.62. The molecule has 0 spiro atoms. The first-order chi connectivity index (χ1) is 9.75. The summed E-state index contributed by atoms with van der Waals surface area (Å²) in [5, 5.41) is 2.88. The Morgan fingerprint density at radius 1 is 1.30 bits per heavy atom. The first kappa shape index (κ1) is 14.6. The maximum absolute atomic E-state index is 11.6. The van der Waals surface area contributed by atoms with Gasteiger partial charge in [0.15, 0.2) is 0 Å². The van der Waals surface area contributed by atoms with Crippen LogP contribution in [-0.2, 0) is 11.3 Å². The summed E-state index contributed by atoms with van der Waals surface area (Å²) in [6.07, 6.45) is 3.27. The molecule has 1 aromatic carbocycles. The summed E-state index contributed by atoms with van der Waals surface area (Å²) >= 11 is 0. The minimum absolute atomic E-state index is 0.170. The molecule has 0 radical (unpaired) electrons. The highest BCUT2D eigenvalue weighted by Crippen LogP contribution is 2.25. The van der Waals surface area contributed by atoms with Gasteiger partial charge in [-0.25, -0.2) is 0 Å². The predicted molar refractivity (Wildman–Crippen MR) is 80.9 cm³/mol. The second-order valence-corrected chi connectivity index (χ2v) is 5.36. The van der Waals surface area contributed by atoms with Gasteiger partial charge in [0.25, 0.3) is 0 Å². The molecule has 1 amide bonds. The van der Waals surface area contributed by atoms with Crippen molar-refractivity contribution in [3.05, 3.63) is 35.9 Å². The lowest BCUT2D eigenvalue weighted by Gasteiger charge is -2.23. The molecule has 1 aromatic rings. The van der Waals surface area contributed by atoms with Crippen molar-refractivity contribution in [2.45, 2.75) is 25.8 Å². The average molecular weight is 270 g/mol. The van der Waals surface area contributed by atoms with Crippen LogP contribution in [0.15, 0.2) is 30.3 Å². The van der Waals surface area contributed by atoms with Crippen molar-refractivity contribution in [2.24, 2.45) is 5.92 Å². The topological polar surface area (TPSA) is 32.3 Å². The van der Waals surface area contributed by atoms with Crippen LogP contribution < -0.4 is 5.32 Å². The molecule has 20 heavy (non-hydrogen) atoms. The molecule has 3 nitrogen and oxygen atoms in total. The largest absolute Gasteiger partial charge is 0.345 e. The van der Waals surface area contributed by atoms with E-state index in [0.29, 0.717) is 13.1 Å². The van der Waals surface area contributed by atoms with E-state index in [9.17, 15) is 4.79 Å². The Labute approximate surface area is 121 Å². The van der Waals surface area contributed by atoms with Crippen LogP contribution in [0.25, 0.3) is 0 Å². The lowest BCUT2D eigenvalue weighted by Crippen LogP contribution is -2.34. The number of nitrogens with zero attached hydrogens (tertiary/aromatic N) is 1. The average Bonchev–Trinajstić information content (AvgIpc) is 2.37. The zero-order chi connectivity index (χ0) is 14.2. The summed E-state index contributed by atoms with van der Waals surface area (Å²) in [5.41, 5.74) is 1.29. The highest BCUT2D eigenvalue weighted by Gasteiger charge is 2.24. The number of amides is 1. The van der Waals surface area contributed by atoms with Crippen molar-refractivity contribution in [3.8, 4) is 11.8 Å². The molecule has 0 aromatic heterocycles. The van der Waals surface area contributed by atoms with Crippen LogP contribution in [0.4, 0.5) is 0 Å². The van der Waals surface area contributed by atoms with E-state index >= 15 is 0 Å². The highest BCUT2D eigenvalue weighted by atomic mass is 16.1. The molecular formula is C17H22N2O. The third kappa shape index (κ3) is 4.71. The van der Waals surface area contributed by atoms with Crippen LogP contribution in [0.5, 0.6) is 0 Å². The Hall–Kier alpha value is -1.79. The summed E-state index contributed by atoms with van der Waals surface area (Å²) in [4.78, 5) is 13.7. The monoisotopic (exact) mass is 270 g/mol. The van der Waals surface area contributed by atoms with Crippen LogP contribution in [-0.4, -0.2) is 30.9 Å². The lowest BCUT2D eigenvalue weighted by atomic mass is 9.85. The Bertz CT molecular complexity index is 483.